The van der Waals surface area contributed by atoms with Gasteiger partial charge in [-0.3, -0.25) is 9.36 Å². The summed E-state index contributed by atoms with van der Waals surface area (Å²) in [5, 5.41) is 11.9. The molecular weight excluding hydrogens is 395 g/mol. The topological polar surface area (TPSA) is 84.1 Å². The summed E-state index contributed by atoms with van der Waals surface area (Å²) in [7, 11) is 0. The maximum atomic E-state index is 12.8. The fourth-order valence-corrected chi connectivity index (χ4v) is 3.39. The molecule has 2 rings (SSSR count). The third kappa shape index (κ3) is 4.61. The summed E-state index contributed by atoms with van der Waals surface area (Å²) < 4.78 is 44.7. The summed E-state index contributed by atoms with van der Waals surface area (Å²) in [5.74, 6) is -0.842. The molecule has 0 aliphatic heterocycles. The van der Waals surface area contributed by atoms with Gasteiger partial charge in [0.05, 0.1) is 12.2 Å². The first kappa shape index (κ1) is 21.2. The second-order valence-electron chi connectivity index (χ2n) is 5.40. The molecule has 6 nitrogen and oxygen atoms in total. The summed E-state index contributed by atoms with van der Waals surface area (Å²) in [6.07, 6.45) is -3.24. The number of esters is 1. The molecule has 0 atom stereocenters. The van der Waals surface area contributed by atoms with E-state index in [1.165, 1.54) is 22.9 Å². The van der Waals surface area contributed by atoms with Crippen LogP contribution in [0.2, 0.25) is 0 Å². The third-order valence-electron chi connectivity index (χ3n) is 3.59. The number of ether oxygens (including phenoxy) is 1. The number of hydrogen-bond acceptors (Lipinski definition) is 6. The van der Waals surface area contributed by atoms with Gasteiger partial charge in [0, 0.05) is 18.4 Å². The molecule has 1 heterocycles. The van der Waals surface area contributed by atoms with Crippen molar-refractivity contribution in [1.82, 2.24) is 4.57 Å². The fourth-order valence-electron chi connectivity index (χ4n) is 2.31. The van der Waals surface area contributed by atoms with Crippen molar-refractivity contribution >= 4 is 34.8 Å². The number of benzene rings is 1. The van der Waals surface area contributed by atoms with Crippen LogP contribution < -0.4 is 20.1 Å². The van der Waals surface area contributed by atoms with Crippen LogP contribution >= 0.6 is 11.3 Å². The van der Waals surface area contributed by atoms with Gasteiger partial charge in [0.2, 0.25) is 0 Å². The number of carbonyl (C=O) groups is 1. The Morgan fingerprint density at radius 1 is 1.39 bits per heavy atom. The van der Waals surface area contributed by atoms with Gasteiger partial charge in [-0.05, 0) is 32.0 Å². The first-order valence-electron chi connectivity index (χ1n) is 8.18. The molecule has 28 heavy (non-hydrogen) atoms. The molecule has 1 aromatic carbocycles. The van der Waals surface area contributed by atoms with Gasteiger partial charge in [-0.2, -0.15) is 18.4 Å². The number of nitrogens with zero attached hydrogens (tertiary/aromatic N) is 2. The lowest BCUT2D eigenvalue weighted by Crippen LogP contribution is -2.32. The minimum absolute atomic E-state index is 0.0713. The van der Waals surface area contributed by atoms with E-state index in [1.54, 1.807) is 19.9 Å². The van der Waals surface area contributed by atoms with Crippen LogP contribution in [0.3, 0.4) is 0 Å². The number of aromatic nitrogens is 1. The largest absolute Gasteiger partial charge is 0.462 e. The second kappa shape index (κ2) is 8.75. The lowest BCUT2D eigenvalue weighted by molar-refractivity contribution is -0.137. The summed E-state index contributed by atoms with van der Waals surface area (Å²) in [4.78, 5) is 24.5. The van der Waals surface area contributed by atoms with Crippen LogP contribution in [0.1, 0.15) is 19.4 Å². The van der Waals surface area contributed by atoms with E-state index in [4.69, 9.17) is 4.74 Å². The van der Waals surface area contributed by atoms with E-state index in [0.717, 1.165) is 23.5 Å². The summed E-state index contributed by atoms with van der Waals surface area (Å²) in [6, 6.07) is 6.26. The Bertz CT molecular complexity index is 1090. The van der Waals surface area contributed by atoms with Crippen molar-refractivity contribution in [2.24, 2.45) is 0 Å². The monoisotopic (exact) mass is 411 g/mol. The zero-order chi connectivity index (χ0) is 20.9. The van der Waals surface area contributed by atoms with Crippen LogP contribution in [0.25, 0.3) is 11.8 Å². The molecule has 148 valence electrons. The van der Waals surface area contributed by atoms with E-state index in [-0.39, 0.29) is 33.6 Å². The Morgan fingerprint density at radius 3 is 2.68 bits per heavy atom. The number of carbonyl (C=O) groups excluding carboxylic acids is 1. The second-order valence-corrected chi connectivity index (χ2v) is 6.43. The predicted molar refractivity (Wildman–Crippen MR) is 98.7 cm³/mol. The van der Waals surface area contributed by atoms with E-state index >= 15 is 0 Å². The smallest absolute Gasteiger partial charge is 0.416 e. The highest BCUT2D eigenvalue weighted by Crippen LogP contribution is 2.30. The summed E-state index contributed by atoms with van der Waals surface area (Å²) >= 11 is 0.876. The molecule has 1 aromatic heterocycles. The number of anilines is 1. The van der Waals surface area contributed by atoms with Crippen LogP contribution in [0.15, 0.2) is 29.1 Å². The van der Waals surface area contributed by atoms with Crippen molar-refractivity contribution in [3.63, 3.8) is 0 Å². The molecule has 10 heteroatoms. The lowest BCUT2D eigenvalue weighted by Gasteiger charge is -2.08. The maximum Gasteiger partial charge on any atom is 0.416 e. The molecule has 0 unspecified atom stereocenters. The van der Waals surface area contributed by atoms with Crippen molar-refractivity contribution in [3.05, 3.63) is 49.4 Å². The minimum Gasteiger partial charge on any atom is -0.462 e. The first-order chi connectivity index (χ1) is 13.2. The van der Waals surface area contributed by atoms with Gasteiger partial charge in [0.25, 0.3) is 5.56 Å². The van der Waals surface area contributed by atoms with Gasteiger partial charge in [-0.25, -0.2) is 4.79 Å². The fraction of sp³-hybridized carbons (Fsp3) is 0.278. The van der Waals surface area contributed by atoms with Gasteiger partial charge in [-0.1, -0.05) is 6.07 Å². The molecule has 0 fully saturated rings. The number of alkyl halides is 3. The van der Waals surface area contributed by atoms with Gasteiger partial charge < -0.3 is 10.1 Å². The zero-order valence-corrected chi connectivity index (χ0v) is 15.8. The Labute approximate surface area is 161 Å². The van der Waals surface area contributed by atoms with Crippen molar-refractivity contribution in [3.8, 4) is 6.07 Å². The normalized spacial score (nSPS) is 13.1. The number of nitrogens with one attached hydrogen (secondary N) is 1. The number of hydrogen-bond donors (Lipinski definition) is 1. The Balaban J connectivity index is 2.54. The van der Waals surface area contributed by atoms with E-state index in [0.29, 0.717) is 0 Å². The molecule has 0 amide bonds. The molecule has 0 aliphatic carbocycles. The molecule has 0 spiro atoms. The van der Waals surface area contributed by atoms with E-state index in [9.17, 15) is 28.0 Å². The number of rotatable bonds is 5. The number of thiazole rings is 1. The molecule has 0 saturated carbocycles. The summed E-state index contributed by atoms with van der Waals surface area (Å²) in [6.45, 7) is 3.53. The Hall–Kier alpha value is -3.06. The van der Waals surface area contributed by atoms with E-state index in [2.05, 4.69) is 5.32 Å². The van der Waals surface area contributed by atoms with Crippen LogP contribution in [-0.2, 0) is 22.3 Å². The lowest BCUT2D eigenvalue weighted by atomic mass is 10.2. The van der Waals surface area contributed by atoms with Gasteiger partial charge >= 0.3 is 12.1 Å². The van der Waals surface area contributed by atoms with Crippen LogP contribution in [0.5, 0.6) is 0 Å². The van der Waals surface area contributed by atoms with E-state index in [1.807, 2.05) is 0 Å². The SMILES string of the molecule is CCOC(=O)/C(C#N)=c1\s/c(=C/Nc2cccc(C(F)(F)F)c2)c(=O)n1CC. The van der Waals surface area contributed by atoms with Gasteiger partial charge in [-0.15, -0.1) is 11.3 Å². The van der Waals surface area contributed by atoms with Gasteiger partial charge in [0.1, 0.15) is 15.3 Å². The highest BCUT2D eigenvalue weighted by molar-refractivity contribution is 7.07. The van der Waals surface area contributed by atoms with Crippen molar-refractivity contribution in [2.75, 3.05) is 11.9 Å². The molecule has 2 aromatic rings. The third-order valence-corrected chi connectivity index (χ3v) is 4.72. The quantitative estimate of drug-likeness (QED) is 0.762. The van der Waals surface area contributed by atoms with Gasteiger partial charge in [0.15, 0.2) is 5.57 Å². The van der Waals surface area contributed by atoms with Crippen molar-refractivity contribution < 1.29 is 22.7 Å². The Kier molecular flexibility index (Phi) is 6.64. The standard InChI is InChI=1S/C18H16F3N3O3S/c1-3-24-15(25)14(28-16(24)13(9-22)17(26)27-4-2)10-23-12-7-5-6-11(8-12)18(19,20)21/h5-8,10,23H,3-4H2,1-2H3/b14-10+,16-13-. The first-order valence-corrected chi connectivity index (χ1v) is 8.99. The van der Waals surface area contributed by atoms with E-state index < -0.39 is 23.3 Å². The zero-order valence-electron chi connectivity index (χ0n) is 15.0. The number of nitriles is 1. The van der Waals surface area contributed by atoms with Crippen LogP contribution in [0.4, 0.5) is 18.9 Å². The van der Waals surface area contributed by atoms with Crippen molar-refractivity contribution in [1.29, 1.82) is 5.26 Å². The molecule has 0 saturated heterocycles. The molecule has 1 N–H and O–H groups in total. The average Bonchev–Trinajstić information content (AvgIpc) is 2.96. The molecule has 0 aliphatic rings. The predicted octanol–water partition coefficient (Wildman–Crippen LogP) is 2.04. The molecule has 0 radical (unpaired) electrons. The average molecular weight is 411 g/mol. The molecular formula is C18H16F3N3O3S. The highest BCUT2D eigenvalue weighted by atomic mass is 32.1. The highest BCUT2D eigenvalue weighted by Gasteiger charge is 2.30. The molecule has 0 bridgehead atoms. The Morgan fingerprint density at radius 2 is 2.11 bits per heavy atom. The maximum absolute atomic E-state index is 12.8. The number of halogens is 3. The van der Waals surface area contributed by atoms with Crippen LogP contribution in [0, 0.1) is 11.3 Å². The summed E-state index contributed by atoms with van der Waals surface area (Å²) in [5.41, 5.74) is -1.46. The van der Waals surface area contributed by atoms with Crippen molar-refractivity contribution in [2.45, 2.75) is 26.6 Å². The minimum atomic E-state index is -4.49. The van der Waals surface area contributed by atoms with Crippen LogP contribution in [-0.4, -0.2) is 17.1 Å².